The topological polar surface area (TPSA) is 30.0 Å². The fourth-order valence-electron chi connectivity index (χ4n) is 2.60. The van der Waals surface area contributed by atoms with Gasteiger partial charge in [0.05, 0.1) is 5.52 Å². The van der Waals surface area contributed by atoms with Crippen LogP contribution in [0, 0.1) is 6.92 Å². The molecular formula is C15H15NO. The van der Waals surface area contributed by atoms with Crippen LogP contribution in [0.25, 0.3) is 10.9 Å². The smallest absolute Gasteiger partial charge is 0.133 e. The average molecular weight is 225 g/mol. The Morgan fingerprint density at radius 1 is 1.24 bits per heavy atom. The van der Waals surface area contributed by atoms with Crippen molar-refractivity contribution in [2.45, 2.75) is 32.1 Å². The molecule has 0 amide bonds. The van der Waals surface area contributed by atoms with Crippen molar-refractivity contribution in [1.82, 2.24) is 4.98 Å². The summed E-state index contributed by atoms with van der Waals surface area (Å²) in [6.45, 7) is 2.00. The van der Waals surface area contributed by atoms with E-state index in [2.05, 4.69) is 29.2 Å². The van der Waals surface area contributed by atoms with Gasteiger partial charge in [-0.05, 0) is 43.0 Å². The van der Waals surface area contributed by atoms with Gasteiger partial charge in [-0.3, -0.25) is 9.78 Å². The van der Waals surface area contributed by atoms with Crippen LogP contribution in [-0.4, -0.2) is 10.8 Å². The number of pyridine rings is 1. The Balaban J connectivity index is 2.02. The molecule has 2 nitrogen and oxygen atoms in total. The maximum atomic E-state index is 11.3. The minimum Gasteiger partial charge on any atom is -0.300 e. The number of carbonyl (C=O) groups is 1. The molecule has 0 spiro atoms. The van der Waals surface area contributed by atoms with E-state index in [0.717, 1.165) is 24.1 Å². The zero-order valence-corrected chi connectivity index (χ0v) is 9.94. The molecule has 0 radical (unpaired) electrons. The number of aromatic nitrogens is 1. The van der Waals surface area contributed by atoms with E-state index < -0.39 is 0 Å². The van der Waals surface area contributed by atoms with Crippen LogP contribution in [-0.2, 0) is 4.79 Å². The summed E-state index contributed by atoms with van der Waals surface area (Å²) >= 11 is 0. The van der Waals surface area contributed by atoms with E-state index in [4.69, 9.17) is 0 Å². The van der Waals surface area contributed by atoms with Crippen LogP contribution in [0.15, 0.2) is 30.3 Å². The molecule has 17 heavy (non-hydrogen) atoms. The fraction of sp³-hybridized carbons (Fsp3) is 0.333. The minimum atomic E-state index is 0.400. The Morgan fingerprint density at radius 3 is 2.88 bits per heavy atom. The third kappa shape index (κ3) is 1.95. The quantitative estimate of drug-likeness (QED) is 0.744. The molecule has 0 aliphatic heterocycles. The van der Waals surface area contributed by atoms with Crippen LogP contribution < -0.4 is 0 Å². The number of nitrogens with zero attached hydrogens (tertiary/aromatic N) is 1. The number of Topliss-reactive ketones (excluding diaryl/α,β-unsaturated/α-hetero) is 1. The Hall–Kier alpha value is -1.70. The number of aryl methyl sites for hydroxylation is 1. The van der Waals surface area contributed by atoms with E-state index in [-0.39, 0.29) is 0 Å². The zero-order chi connectivity index (χ0) is 11.8. The van der Waals surface area contributed by atoms with Crippen LogP contribution in [0.3, 0.4) is 0 Å². The lowest BCUT2D eigenvalue weighted by atomic mass is 9.96. The normalized spacial score (nSPS) is 20.1. The summed E-state index contributed by atoms with van der Waals surface area (Å²) in [5.41, 5.74) is 3.37. The van der Waals surface area contributed by atoms with Gasteiger partial charge in [-0.25, -0.2) is 0 Å². The standard InChI is InChI=1S/C15H15NO/c1-10-2-3-13-8-11(5-7-15(13)16-10)12-4-6-14(17)9-12/h2-3,5,7-8,12H,4,6,9H2,1H3. The van der Waals surface area contributed by atoms with Crippen LogP contribution in [0.5, 0.6) is 0 Å². The van der Waals surface area contributed by atoms with E-state index >= 15 is 0 Å². The van der Waals surface area contributed by atoms with Gasteiger partial charge in [0, 0.05) is 23.9 Å². The van der Waals surface area contributed by atoms with Gasteiger partial charge in [0.15, 0.2) is 0 Å². The molecule has 1 heterocycles. The van der Waals surface area contributed by atoms with Crippen LogP contribution >= 0.6 is 0 Å². The summed E-state index contributed by atoms with van der Waals surface area (Å²) in [6.07, 6.45) is 2.46. The van der Waals surface area contributed by atoms with Crippen molar-refractivity contribution >= 4 is 16.7 Å². The Bertz CT molecular complexity index is 588. The predicted octanol–water partition coefficient (Wildman–Crippen LogP) is 3.38. The fourth-order valence-corrected chi connectivity index (χ4v) is 2.60. The highest BCUT2D eigenvalue weighted by Crippen LogP contribution is 2.33. The molecule has 1 atom stereocenters. The van der Waals surface area contributed by atoms with Crippen LogP contribution in [0.1, 0.15) is 36.4 Å². The van der Waals surface area contributed by atoms with Crippen molar-refractivity contribution in [1.29, 1.82) is 0 Å². The van der Waals surface area contributed by atoms with Gasteiger partial charge in [-0.15, -0.1) is 0 Å². The summed E-state index contributed by atoms with van der Waals surface area (Å²) in [5, 5.41) is 1.17. The molecule has 1 unspecified atom stereocenters. The minimum absolute atomic E-state index is 0.400. The number of carbonyl (C=O) groups excluding carboxylic acids is 1. The molecule has 3 rings (SSSR count). The largest absolute Gasteiger partial charge is 0.300 e. The first-order valence-corrected chi connectivity index (χ1v) is 6.11. The van der Waals surface area contributed by atoms with Gasteiger partial charge in [0.2, 0.25) is 0 Å². The third-order valence-corrected chi connectivity index (χ3v) is 3.57. The zero-order valence-electron chi connectivity index (χ0n) is 9.94. The van der Waals surface area contributed by atoms with Crippen molar-refractivity contribution in [3.05, 3.63) is 41.6 Å². The van der Waals surface area contributed by atoms with Gasteiger partial charge >= 0.3 is 0 Å². The van der Waals surface area contributed by atoms with E-state index in [1.807, 2.05) is 13.0 Å². The van der Waals surface area contributed by atoms with E-state index in [0.29, 0.717) is 18.1 Å². The Kier molecular flexibility index (Phi) is 2.43. The van der Waals surface area contributed by atoms with Crippen molar-refractivity contribution in [2.24, 2.45) is 0 Å². The molecule has 0 saturated heterocycles. The van der Waals surface area contributed by atoms with E-state index in [1.54, 1.807) is 0 Å². The lowest BCUT2D eigenvalue weighted by Crippen LogP contribution is -1.94. The lowest BCUT2D eigenvalue weighted by Gasteiger charge is -2.09. The highest BCUT2D eigenvalue weighted by Gasteiger charge is 2.23. The van der Waals surface area contributed by atoms with Crippen LogP contribution in [0.4, 0.5) is 0 Å². The summed E-state index contributed by atoms with van der Waals surface area (Å²) in [6, 6.07) is 10.5. The van der Waals surface area contributed by atoms with Gasteiger partial charge in [-0.1, -0.05) is 12.1 Å². The number of benzene rings is 1. The second-order valence-corrected chi connectivity index (χ2v) is 4.88. The van der Waals surface area contributed by atoms with E-state index in [9.17, 15) is 4.79 Å². The van der Waals surface area contributed by atoms with Gasteiger partial charge in [-0.2, -0.15) is 0 Å². The molecule has 1 fully saturated rings. The predicted molar refractivity (Wildman–Crippen MR) is 68.1 cm³/mol. The second kappa shape index (κ2) is 3.95. The first kappa shape index (κ1) is 10.5. The molecule has 1 saturated carbocycles. The van der Waals surface area contributed by atoms with Gasteiger partial charge in [0.25, 0.3) is 0 Å². The average Bonchev–Trinajstić information content (AvgIpc) is 2.75. The summed E-state index contributed by atoms with van der Waals surface area (Å²) in [4.78, 5) is 15.8. The molecule has 0 bridgehead atoms. The van der Waals surface area contributed by atoms with Gasteiger partial charge < -0.3 is 0 Å². The number of hydrogen-bond donors (Lipinski definition) is 0. The number of ketones is 1. The van der Waals surface area contributed by atoms with E-state index in [1.165, 1.54) is 10.9 Å². The maximum Gasteiger partial charge on any atom is 0.133 e. The Morgan fingerprint density at radius 2 is 2.12 bits per heavy atom. The second-order valence-electron chi connectivity index (χ2n) is 4.88. The molecule has 1 aliphatic carbocycles. The first-order chi connectivity index (χ1) is 8.22. The van der Waals surface area contributed by atoms with Crippen molar-refractivity contribution < 1.29 is 4.79 Å². The van der Waals surface area contributed by atoms with Crippen molar-refractivity contribution in [2.75, 3.05) is 0 Å². The number of hydrogen-bond acceptors (Lipinski definition) is 2. The molecule has 86 valence electrons. The summed E-state index contributed by atoms with van der Waals surface area (Å²) in [7, 11) is 0. The lowest BCUT2D eigenvalue weighted by molar-refractivity contribution is -0.117. The summed E-state index contributed by atoms with van der Waals surface area (Å²) < 4.78 is 0. The number of fused-ring (bicyclic) bond motifs is 1. The maximum absolute atomic E-state index is 11.3. The van der Waals surface area contributed by atoms with Gasteiger partial charge in [0.1, 0.15) is 5.78 Å². The molecule has 1 aromatic carbocycles. The SMILES string of the molecule is Cc1ccc2cc(C3CCC(=O)C3)ccc2n1. The molecule has 0 N–H and O–H groups in total. The van der Waals surface area contributed by atoms with Crippen molar-refractivity contribution in [3.8, 4) is 0 Å². The molecule has 1 aliphatic rings. The van der Waals surface area contributed by atoms with Crippen molar-refractivity contribution in [3.63, 3.8) is 0 Å². The number of rotatable bonds is 1. The third-order valence-electron chi connectivity index (χ3n) is 3.57. The highest BCUT2D eigenvalue weighted by molar-refractivity contribution is 5.83. The first-order valence-electron chi connectivity index (χ1n) is 6.11. The van der Waals surface area contributed by atoms with Crippen LogP contribution in [0.2, 0.25) is 0 Å². The monoisotopic (exact) mass is 225 g/mol. The molecule has 2 heteroatoms. The Labute approximate surface area is 101 Å². The summed E-state index contributed by atoms with van der Waals surface area (Å²) in [5.74, 6) is 0.824. The molecule has 2 aromatic rings. The molecular weight excluding hydrogens is 210 g/mol. The molecule has 1 aromatic heterocycles. The highest BCUT2D eigenvalue weighted by atomic mass is 16.1.